The molecule has 0 amide bonds. The van der Waals surface area contributed by atoms with E-state index in [0.29, 0.717) is 12.2 Å². The Morgan fingerprint density at radius 1 is 1.06 bits per heavy atom. The van der Waals surface area contributed by atoms with Crippen molar-refractivity contribution in [3.05, 3.63) is 77.4 Å². The lowest BCUT2D eigenvalue weighted by molar-refractivity contribution is -0.122. The molecule has 2 aliphatic rings. The molecule has 0 radical (unpaired) electrons. The van der Waals surface area contributed by atoms with Crippen molar-refractivity contribution in [1.29, 1.82) is 0 Å². The third-order valence-electron chi connectivity index (χ3n) is 8.17. The summed E-state index contributed by atoms with van der Waals surface area (Å²) in [4.78, 5) is 11.9. The fourth-order valence-corrected chi connectivity index (χ4v) is 5.66. The molecule has 3 rings (SSSR count). The Bertz CT molecular complexity index is 887. The summed E-state index contributed by atoms with van der Waals surface area (Å²) in [7, 11) is 0. The van der Waals surface area contributed by atoms with Crippen molar-refractivity contribution in [2.45, 2.75) is 97.8 Å². The zero-order valence-electron chi connectivity index (χ0n) is 22.0. The summed E-state index contributed by atoms with van der Waals surface area (Å²) in [6.07, 6.45) is 22.8. The number of allylic oxidation sites excluding steroid dienone is 7. The number of carbonyl (C=O) groups is 1. The van der Waals surface area contributed by atoms with Crippen molar-refractivity contribution in [2.24, 2.45) is 17.8 Å². The Hall–Kier alpha value is -2.15. The van der Waals surface area contributed by atoms with E-state index in [1.165, 1.54) is 72.8 Å². The number of hydrogen-bond donors (Lipinski definition) is 0. The van der Waals surface area contributed by atoms with E-state index < -0.39 is 0 Å². The molecule has 1 unspecified atom stereocenters. The van der Waals surface area contributed by atoms with Crippen LogP contribution in [0.1, 0.15) is 103 Å². The predicted molar refractivity (Wildman–Crippen MR) is 148 cm³/mol. The SMILES string of the molecule is C=C(CCC(=CC)CC(C)C(=O)CC)CCC1CCC(Cc2ccc(C3=CC=CC3)cc2)CC1. The number of hydrogen-bond acceptors (Lipinski definition) is 1. The molecule has 0 aliphatic heterocycles. The van der Waals surface area contributed by atoms with Crippen molar-refractivity contribution in [3.63, 3.8) is 0 Å². The second kappa shape index (κ2) is 13.7. The summed E-state index contributed by atoms with van der Waals surface area (Å²) in [5, 5.41) is 0. The van der Waals surface area contributed by atoms with Gasteiger partial charge in [0.15, 0.2) is 0 Å². The van der Waals surface area contributed by atoms with Gasteiger partial charge in [0.2, 0.25) is 0 Å². The first kappa shape index (κ1) is 26.5. The molecule has 0 spiro atoms. The Labute approximate surface area is 209 Å². The van der Waals surface area contributed by atoms with Gasteiger partial charge in [-0.05, 0) is 93.2 Å². The van der Waals surface area contributed by atoms with Gasteiger partial charge in [-0.3, -0.25) is 4.79 Å². The van der Waals surface area contributed by atoms with E-state index >= 15 is 0 Å². The molecule has 0 N–H and O–H groups in total. The van der Waals surface area contributed by atoms with Gasteiger partial charge in [0.1, 0.15) is 5.78 Å². The van der Waals surface area contributed by atoms with Gasteiger partial charge in [-0.15, -0.1) is 0 Å². The van der Waals surface area contributed by atoms with E-state index in [2.05, 4.69) is 69.0 Å². The average Bonchev–Trinajstić information content (AvgIpc) is 3.41. The minimum Gasteiger partial charge on any atom is -0.299 e. The van der Waals surface area contributed by atoms with Crippen LogP contribution in [0.3, 0.4) is 0 Å². The van der Waals surface area contributed by atoms with Crippen LogP contribution in [0.15, 0.2) is 66.3 Å². The zero-order valence-corrected chi connectivity index (χ0v) is 22.0. The molecule has 2 aliphatic carbocycles. The van der Waals surface area contributed by atoms with Crippen molar-refractivity contribution < 1.29 is 4.79 Å². The number of benzene rings is 1. The highest BCUT2D eigenvalue weighted by Crippen LogP contribution is 2.35. The maximum absolute atomic E-state index is 11.9. The summed E-state index contributed by atoms with van der Waals surface area (Å²) < 4.78 is 0. The third kappa shape index (κ3) is 8.26. The quantitative estimate of drug-likeness (QED) is 0.269. The van der Waals surface area contributed by atoms with Gasteiger partial charge >= 0.3 is 0 Å². The largest absolute Gasteiger partial charge is 0.299 e. The molecule has 1 aromatic carbocycles. The van der Waals surface area contributed by atoms with Crippen LogP contribution in [-0.2, 0) is 11.2 Å². The summed E-state index contributed by atoms with van der Waals surface area (Å²) in [6, 6.07) is 9.32. The Morgan fingerprint density at radius 2 is 1.76 bits per heavy atom. The molecule has 1 aromatic rings. The lowest BCUT2D eigenvalue weighted by Crippen LogP contribution is -2.16. The smallest absolute Gasteiger partial charge is 0.135 e. The first-order valence-electron chi connectivity index (χ1n) is 13.8. The average molecular weight is 459 g/mol. The summed E-state index contributed by atoms with van der Waals surface area (Å²) in [5.41, 5.74) is 7.13. The molecule has 1 saturated carbocycles. The highest BCUT2D eigenvalue weighted by Gasteiger charge is 2.21. The van der Waals surface area contributed by atoms with Gasteiger partial charge < -0.3 is 0 Å². The van der Waals surface area contributed by atoms with E-state index in [1.54, 1.807) is 0 Å². The van der Waals surface area contributed by atoms with Crippen LogP contribution >= 0.6 is 0 Å². The van der Waals surface area contributed by atoms with Crippen LogP contribution in [-0.4, -0.2) is 5.78 Å². The molecule has 0 saturated heterocycles. The fourth-order valence-electron chi connectivity index (χ4n) is 5.66. The topological polar surface area (TPSA) is 17.1 Å². The molecule has 184 valence electrons. The van der Waals surface area contributed by atoms with E-state index in [1.807, 2.05) is 6.92 Å². The standard InChI is InChI=1S/C33H46O/c1-5-27(23-26(4)33(34)6-2)13-11-25(3)12-14-28-15-17-29(18-16-28)24-30-19-21-32(22-20-30)31-9-7-8-10-31/h5,7-9,19-22,26,28-29H,3,6,10-18,23-24H2,1-2,4H3. The minimum absolute atomic E-state index is 0.152. The van der Waals surface area contributed by atoms with E-state index in [-0.39, 0.29) is 5.92 Å². The highest BCUT2D eigenvalue weighted by molar-refractivity contribution is 5.80. The van der Waals surface area contributed by atoms with Gasteiger partial charge in [-0.2, -0.15) is 0 Å². The maximum Gasteiger partial charge on any atom is 0.135 e. The molecule has 1 fully saturated rings. The maximum atomic E-state index is 11.9. The molecular weight excluding hydrogens is 412 g/mol. The number of ketones is 1. The van der Waals surface area contributed by atoms with Crippen LogP contribution in [0.5, 0.6) is 0 Å². The molecule has 1 heteroatoms. The van der Waals surface area contributed by atoms with Crippen molar-refractivity contribution in [3.8, 4) is 0 Å². The summed E-state index contributed by atoms with van der Waals surface area (Å²) >= 11 is 0. The van der Waals surface area contributed by atoms with E-state index in [4.69, 9.17) is 0 Å². The van der Waals surface area contributed by atoms with Gasteiger partial charge in [-0.25, -0.2) is 0 Å². The molecule has 1 atom stereocenters. The normalized spacial score (nSPS) is 21.4. The second-order valence-electron chi connectivity index (χ2n) is 10.8. The third-order valence-corrected chi connectivity index (χ3v) is 8.17. The molecule has 1 nitrogen and oxygen atoms in total. The van der Waals surface area contributed by atoms with Crippen LogP contribution in [0, 0.1) is 17.8 Å². The van der Waals surface area contributed by atoms with Crippen LogP contribution in [0.25, 0.3) is 5.57 Å². The number of Topliss-reactive ketones (excluding diaryl/α,β-unsaturated/α-hetero) is 1. The summed E-state index contributed by atoms with van der Waals surface area (Å²) in [5.74, 6) is 2.26. The lowest BCUT2D eigenvalue weighted by atomic mass is 9.77. The molecule has 0 heterocycles. The predicted octanol–water partition coefficient (Wildman–Crippen LogP) is 9.45. The van der Waals surface area contributed by atoms with Crippen molar-refractivity contribution >= 4 is 11.4 Å². The van der Waals surface area contributed by atoms with Crippen molar-refractivity contribution in [1.82, 2.24) is 0 Å². The lowest BCUT2D eigenvalue weighted by Gasteiger charge is -2.29. The molecule has 34 heavy (non-hydrogen) atoms. The highest BCUT2D eigenvalue weighted by atomic mass is 16.1. The first-order valence-corrected chi connectivity index (χ1v) is 13.8. The van der Waals surface area contributed by atoms with Crippen molar-refractivity contribution in [2.75, 3.05) is 0 Å². The van der Waals surface area contributed by atoms with E-state index in [9.17, 15) is 4.79 Å². The molecular formula is C33H46O. The Balaban J connectivity index is 1.32. The first-order chi connectivity index (χ1) is 16.5. The van der Waals surface area contributed by atoms with Gasteiger partial charge in [0.05, 0.1) is 0 Å². The summed E-state index contributed by atoms with van der Waals surface area (Å²) in [6.45, 7) is 10.5. The fraction of sp³-hybridized carbons (Fsp3) is 0.545. The second-order valence-corrected chi connectivity index (χ2v) is 10.8. The number of rotatable bonds is 13. The van der Waals surface area contributed by atoms with Crippen LogP contribution in [0.4, 0.5) is 0 Å². The van der Waals surface area contributed by atoms with Gasteiger partial charge in [-0.1, -0.05) is 93.0 Å². The van der Waals surface area contributed by atoms with Crippen LogP contribution in [0.2, 0.25) is 0 Å². The van der Waals surface area contributed by atoms with E-state index in [0.717, 1.165) is 37.5 Å². The monoisotopic (exact) mass is 458 g/mol. The zero-order chi connectivity index (χ0) is 24.3. The van der Waals surface area contributed by atoms with Gasteiger partial charge in [0, 0.05) is 12.3 Å². The minimum atomic E-state index is 0.152. The number of carbonyl (C=O) groups excluding carboxylic acids is 1. The van der Waals surface area contributed by atoms with Gasteiger partial charge in [0.25, 0.3) is 0 Å². The Kier molecular flexibility index (Phi) is 10.6. The molecule has 0 aromatic heterocycles. The molecule has 0 bridgehead atoms. The Morgan fingerprint density at radius 3 is 2.38 bits per heavy atom. The van der Waals surface area contributed by atoms with Crippen LogP contribution < -0.4 is 0 Å².